The molecule has 2 aromatic carbocycles. The Labute approximate surface area is 187 Å². The zero-order valence-corrected chi connectivity index (χ0v) is 18.5. The van der Waals surface area contributed by atoms with Crippen molar-refractivity contribution in [1.29, 1.82) is 0 Å². The first-order valence-corrected chi connectivity index (χ1v) is 10.8. The molecule has 1 atom stereocenters. The van der Waals surface area contributed by atoms with Crippen LogP contribution in [0.15, 0.2) is 81.7 Å². The van der Waals surface area contributed by atoms with Gasteiger partial charge in [-0.25, -0.2) is 9.79 Å². The summed E-state index contributed by atoms with van der Waals surface area (Å²) in [7, 11) is 1.31. The second-order valence-electron chi connectivity index (χ2n) is 6.89. The number of hydrogen-bond acceptors (Lipinski definition) is 5. The summed E-state index contributed by atoms with van der Waals surface area (Å²) >= 11 is 7.73. The average molecular weight is 451 g/mol. The lowest BCUT2D eigenvalue weighted by Gasteiger charge is -2.25. The van der Waals surface area contributed by atoms with Gasteiger partial charge in [-0.2, -0.15) is 0 Å². The number of benzene rings is 2. The van der Waals surface area contributed by atoms with E-state index in [0.717, 1.165) is 5.56 Å². The van der Waals surface area contributed by atoms with Gasteiger partial charge < -0.3 is 4.74 Å². The van der Waals surface area contributed by atoms with E-state index in [2.05, 4.69) is 4.99 Å². The Morgan fingerprint density at radius 2 is 1.87 bits per heavy atom. The van der Waals surface area contributed by atoms with Crippen LogP contribution in [0.3, 0.4) is 0 Å². The zero-order chi connectivity index (χ0) is 22.0. The Kier molecular flexibility index (Phi) is 6.02. The molecule has 2 heterocycles. The summed E-state index contributed by atoms with van der Waals surface area (Å²) < 4.78 is 7.03. The molecular formula is C24H19ClN2O3S. The minimum atomic E-state index is -0.711. The zero-order valence-electron chi connectivity index (χ0n) is 16.9. The fourth-order valence-electron chi connectivity index (χ4n) is 3.51. The van der Waals surface area contributed by atoms with Gasteiger partial charge in [0.05, 0.1) is 22.9 Å². The van der Waals surface area contributed by atoms with Crippen LogP contribution < -0.4 is 14.9 Å². The van der Waals surface area contributed by atoms with E-state index in [1.165, 1.54) is 23.0 Å². The third kappa shape index (κ3) is 4.04. The Morgan fingerprint density at radius 3 is 2.58 bits per heavy atom. The standard InChI is InChI=1S/C24H19ClN2O3S/c1-15-20(23(29)30-2)21(17-12-6-7-13-18(17)25)27-22(28)19(31-24(27)26-15)14-8-11-16-9-4-3-5-10-16/h3-14,21H,1-2H3/b11-8+,19-14+/t21-/m1/s1. The van der Waals surface area contributed by atoms with Crippen molar-refractivity contribution in [2.45, 2.75) is 13.0 Å². The number of nitrogens with zero attached hydrogens (tertiary/aromatic N) is 2. The summed E-state index contributed by atoms with van der Waals surface area (Å²) in [5, 5.41) is 0.460. The Balaban J connectivity index is 1.90. The molecule has 1 aromatic heterocycles. The van der Waals surface area contributed by atoms with Gasteiger partial charge >= 0.3 is 5.97 Å². The van der Waals surface area contributed by atoms with Crippen LogP contribution in [0.5, 0.6) is 0 Å². The highest BCUT2D eigenvalue weighted by atomic mass is 35.5. The molecule has 31 heavy (non-hydrogen) atoms. The SMILES string of the molecule is COC(=O)C1=C(C)N=c2s/c(=C/C=C/c3ccccc3)c(=O)n2[C@@H]1c1ccccc1Cl. The second kappa shape index (κ2) is 8.88. The summed E-state index contributed by atoms with van der Waals surface area (Å²) in [6.07, 6.45) is 5.52. The molecule has 156 valence electrons. The Hall–Kier alpha value is -3.22. The molecule has 0 spiro atoms. The number of thiazole rings is 1. The van der Waals surface area contributed by atoms with Crippen LogP contribution >= 0.6 is 22.9 Å². The minimum absolute atomic E-state index is 0.236. The maximum Gasteiger partial charge on any atom is 0.338 e. The summed E-state index contributed by atoms with van der Waals surface area (Å²) in [5.74, 6) is -0.538. The van der Waals surface area contributed by atoms with Crippen molar-refractivity contribution in [3.05, 3.63) is 108 Å². The number of hydrogen-bond donors (Lipinski definition) is 0. The predicted molar refractivity (Wildman–Crippen MR) is 124 cm³/mol. The molecule has 0 N–H and O–H groups in total. The van der Waals surface area contributed by atoms with Crippen LogP contribution in [0, 0.1) is 0 Å². The van der Waals surface area contributed by atoms with Crippen LogP contribution in [0.25, 0.3) is 12.2 Å². The summed E-state index contributed by atoms with van der Waals surface area (Å²) in [6.45, 7) is 1.74. The molecule has 7 heteroatoms. The third-order valence-electron chi connectivity index (χ3n) is 4.96. The van der Waals surface area contributed by atoms with Gasteiger partial charge in [0.1, 0.15) is 6.04 Å². The quantitative estimate of drug-likeness (QED) is 0.569. The molecule has 3 aromatic rings. The van der Waals surface area contributed by atoms with Crippen molar-refractivity contribution >= 4 is 41.1 Å². The maximum absolute atomic E-state index is 13.3. The summed E-state index contributed by atoms with van der Waals surface area (Å²) in [5.41, 5.74) is 2.25. The monoisotopic (exact) mass is 450 g/mol. The van der Waals surface area contributed by atoms with Crippen molar-refractivity contribution in [1.82, 2.24) is 4.57 Å². The number of carbonyl (C=O) groups excluding carboxylic acids is 1. The first-order chi connectivity index (χ1) is 15.0. The number of halogens is 1. The van der Waals surface area contributed by atoms with Crippen molar-refractivity contribution in [2.24, 2.45) is 4.99 Å². The van der Waals surface area contributed by atoms with Gasteiger partial charge in [0.25, 0.3) is 5.56 Å². The number of aromatic nitrogens is 1. The number of esters is 1. The Morgan fingerprint density at radius 1 is 1.16 bits per heavy atom. The number of methoxy groups -OCH3 is 1. The normalized spacial score (nSPS) is 16.4. The topological polar surface area (TPSA) is 60.7 Å². The van der Waals surface area contributed by atoms with Gasteiger partial charge in [-0.1, -0.05) is 83.6 Å². The lowest BCUT2D eigenvalue weighted by atomic mass is 9.96. The molecule has 5 nitrogen and oxygen atoms in total. The minimum Gasteiger partial charge on any atom is -0.466 e. The largest absolute Gasteiger partial charge is 0.466 e. The molecule has 0 bridgehead atoms. The van der Waals surface area contributed by atoms with Gasteiger partial charge in [-0.15, -0.1) is 0 Å². The number of ether oxygens (including phenoxy) is 1. The molecule has 1 aliphatic heterocycles. The molecule has 0 saturated heterocycles. The first kappa shape index (κ1) is 21.0. The van der Waals surface area contributed by atoms with Crippen molar-refractivity contribution < 1.29 is 9.53 Å². The van der Waals surface area contributed by atoms with E-state index in [1.54, 1.807) is 31.2 Å². The van der Waals surface area contributed by atoms with Crippen molar-refractivity contribution in [2.75, 3.05) is 7.11 Å². The highest BCUT2D eigenvalue weighted by molar-refractivity contribution is 7.07. The fraction of sp³-hybridized carbons (Fsp3) is 0.125. The second-order valence-corrected chi connectivity index (χ2v) is 8.30. The van der Waals surface area contributed by atoms with Gasteiger partial charge in [-0.05, 0) is 30.2 Å². The maximum atomic E-state index is 13.3. The van der Waals surface area contributed by atoms with E-state index in [4.69, 9.17) is 16.3 Å². The molecule has 0 unspecified atom stereocenters. The van der Waals surface area contributed by atoms with Gasteiger partial charge in [-0.3, -0.25) is 9.36 Å². The molecule has 0 radical (unpaired) electrons. The molecule has 4 rings (SSSR count). The van der Waals surface area contributed by atoms with E-state index < -0.39 is 12.0 Å². The first-order valence-electron chi connectivity index (χ1n) is 9.58. The van der Waals surface area contributed by atoms with Crippen LogP contribution in [-0.2, 0) is 9.53 Å². The number of fused-ring (bicyclic) bond motifs is 1. The fourth-order valence-corrected chi connectivity index (χ4v) is 4.75. The van der Waals surface area contributed by atoms with E-state index in [9.17, 15) is 9.59 Å². The number of rotatable bonds is 4. The van der Waals surface area contributed by atoms with Crippen LogP contribution in [0.4, 0.5) is 0 Å². The molecule has 1 aliphatic rings. The lowest BCUT2D eigenvalue weighted by Crippen LogP contribution is -2.39. The molecular weight excluding hydrogens is 432 g/mol. The van der Waals surface area contributed by atoms with Crippen molar-refractivity contribution in [3.8, 4) is 0 Å². The van der Waals surface area contributed by atoms with Gasteiger partial charge in [0.2, 0.25) is 0 Å². The molecule has 0 fully saturated rings. The highest BCUT2D eigenvalue weighted by Crippen LogP contribution is 2.34. The van der Waals surface area contributed by atoms with Crippen molar-refractivity contribution in [3.63, 3.8) is 0 Å². The van der Waals surface area contributed by atoms with E-state index >= 15 is 0 Å². The molecule has 0 aliphatic carbocycles. The average Bonchev–Trinajstić information content (AvgIpc) is 3.08. The predicted octanol–water partition coefficient (Wildman–Crippen LogP) is 3.73. The van der Waals surface area contributed by atoms with Crippen LogP contribution in [0.2, 0.25) is 5.02 Å². The summed E-state index contributed by atoms with van der Waals surface area (Å²) in [6, 6.07) is 16.3. The molecule has 0 saturated carbocycles. The van der Waals surface area contributed by atoms with E-state index in [1.807, 2.05) is 48.6 Å². The summed E-state index contributed by atoms with van der Waals surface area (Å²) in [4.78, 5) is 31.0. The number of carbonyl (C=O) groups is 1. The van der Waals surface area contributed by atoms with Gasteiger partial charge in [0.15, 0.2) is 4.80 Å². The Bertz CT molecular complexity index is 1380. The van der Waals surface area contributed by atoms with Gasteiger partial charge in [0, 0.05) is 5.02 Å². The smallest absolute Gasteiger partial charge is 0.338 e. The van der Waals surface area contributed by atoms with Crippen LogP contribution in [-0.4, -0.2) is 17.6 Å². The van der Waals surface area contributed by atoms with E-state index in [-0.39, 0.29) is 5.56 Å². The van der Waals surface area contributed by atoms with E-state index in [0.29, 0.717) is 31.2 Å². The molecule has 0 amide bonds. The third-order valence-corrected chi connectivity index (χ3v) is 6.31. The van der Waals surface area contributed by atoms with Crippen LogP contribution in [0.1, 0.15) is 24.1 Å². The highest BCUT2D eigenvalue weighted by Gasteiger charge is 2.34. The number of allylic oxidation sites excluding steroid dienone is 2. The lowest BCUT2D eigenvalue weighted by molar-refractivity contribution is -0.136.